The van der Waals surface area contributed by atoms with Crippen molar-refractivity contribution in [2.24, 2.45) is 0 Å². The monoisotopic (exact) mass is 464 g/mol. The standard InChI is InChI=1S/C25H24N2O5S/c1-2-3-4-23-24(21-15-18(27)9-14-22(21)31-23)25(28)16-5-10-19(11-6-16)32-33(29,30)20-12-7-17(26)8-13-20/h5-15H,2-4,26-27H2,1H3. The molecule has 0 fully saturated rings. The van der Waals surface area contributed by atoms with Gasteiger partial charge in [-0.2, -0.15) is 8.42 Å². The lowest BCUT2D eigenvalue weighted by atomic mass is 9.98. The molecule has 7 nitrogen and oxygen atoms in total. The molecule has 1 aromatic heterocycles. The molecule has 0 unspecified atom stereocenters. The molecule has 0 spiro atoms. The fraction of sp³-hybridized carbons (Fsp3) is 0.160. The maximum Gasteiger partial charge on any atom is 0.339 e. The van der Waals surface area contributed by atoms with E-state index in [0.717, 1.165) is 12.8 Å². The van der Waals surface area contributed by atoms with Crippen molar-refractivity contribution in [2.45, 2.75) is 31.1 Å². The van der Waals surface area contributed by atoms with Crippen molar-refractivity contribution in [1.29, 1.82) is 0 Å². The molecule has 0 radical (unpaired) electrons. The molecule has 0 amide bonds. The van der Waals surface area contributed by atoms with Crippen LogP contribution in [0.3, 0.4) is 0 Å². The van der Waals surface area contributed by atoms with Crippen molar-refractivity contribution in [3.8, 4) is 5.75 Å². The smallest absolute Gasteiger partial charge is 0.339 e. The molecule has 170 valence electrons. The highest BCUT2D eigenvalue weighted by molar-refractivity contribution is 7.87. The highest BCUT2D eigenvalue weighted by atomic mass is 32.2. The molecule has 0 saturated carbocycles. The van der Waals surface area contributed by atoms with Gasteiger partial charge in [0.25, 0.3) is 0 Å². The molecule has 0 saturated heterocycles. The average molecular weight is 465 g/mol. The molecule has 0 aliphatic rings. The lowest BCUT2D eigenvalue weighted by Gasteiger charge is -2.08. The minimum absolute atomic E-state index is 0.0140. The third kappa shape index (κ3) is 4.70. The summed E-state index contributed by atoms with van der Waals surface area (Å²) in [6, 6.07) is 16.9. The van der Waals surface area contributed by atoms with Crippen LogP contribution in [0.4, 0.5) is 11.4 Å². The van der Waals surface area contributed by atoms with Gasteiger partial charge in [-0.1, -0.05) is 13.3 Å². The molecule has 8 heteroatoms. The fourth-order valence-corrected chi connectivity index (χ4v) is 4.47. The van der Waals surface area contributed by atoms with Gasteiger partial charge in [-0.15, -0.1) is 0 Å². The molecule has 0 aliphatic carbocycles. The van der Waals surface area contributed by atoms with Crippen molar-refractivity contribution >= 4 is 38.2 Å². The summed E-state index contributed by atoms with van der Waals surface area (Å²) >= 11 is 0. The number of benzene rings is 3. The lowest BCUT2D eigenvalue weighted by Crippen LogP contribution is -2.10. The van der Waals surface area contributed by atoms with Crippen molar-refractivity contribution in [1.82, 2.24) is 0 Å². The summed E-state index contributed by atoms with van der Waals surface area (Å²) in [5.74, 6) is 0.489. The van der Waals surface area contributed by atoms with Gasteiger partial charge in [0.15, 0.2) is 5.78 Å². The van der Waals surface area contributed by atoms with Gasteiger partial charge >= 0.3 is 10.1 Å². The van der Waals surface area contributed by atoms with Crippen molar-refractivity contribution in [3.63, 3.8) is 0 Å². The number of carbonyl (C=O) groups is 1. The van der Waals surface area contributed by atoms with E-state index in [1.54, 1.807) is 18.2 Å². The minimum Gasteiger partial charge on any atom is -0.460 e. The zero-order chi connectivity index (χ0) is 23.6. The zero-order valence-electron chi connectivity index (χ0n) is 18.1. The van der Waals surface area contributed by atoms with Gasteiger partial charge in [0, 0.05) is 28.7 Å². The van der Waals surface area contributed by atoms with Crippen LogP contribution < -0.4 is 15.7 Å². The first-order chi connectivity index (χ1) is 15.8. The molecular formula is C25H24N2O5S. The Bertz CT molecular complexity index is 1410. The van der Waals surface area contributed by atoms with E-state index in [-0.39, 0.29) is 16.4 Å². The van der Waals surface area contributed by atoms with Gasteiger partial charge < -0.3 is 20.1 Å². The molecule has 33 heavy (non-hydrogen) atoms. The second-order valence-corrected chi connectivity index (χ2v) is 9.27. The minimum atomic E-state index is -4.03. The van der Waals surface area contributed by atoms with E-state index in [9.17, 15) is 13.2 Å². The SMILES string of the molecule is CCCCc1oc2ccc(N)cc2c1C(=O)c1ccc(OS(=O)(=O)c2ccc(N)cc2)cc1. The number of carbonyl (C=O) groups excluding carboxylic acids is 1. The summed E-state index contributed by atoms with van der Waals surface area (Å²) in [6.07, 6.45) is 2.47. The first-order valence-corrected chi connectivity index (χ1v) is 11.9. The molecule has 4 aromatic rings. The highest BCUT2D eigenvalue weighted by Crippen LogP contribution is 2.31. The fourth-order valence-electron chi connectivity index (χ4n) is 3.54. The number of ketones is 1. The van der Waals surface area contributed by atoms with Crippen LogP contribution in [0.2, 0.25) is 0 Å². The van der Waals surface area contributed by atoms with Crippen LogP contribution in [0.1, 0.15) is 41.4 Å². The molecule has 1 heterocycles. The van der Waals surface area contributed by atoms with Crippen LogP contribution in [-0.4, -0.2) is 14.2 Å². The van der Waals surface area contributed by atoms with Gasteiger partial charge in [-0.25, -0.2) is 0 Å². The summed E-state index contributed by atoms with van der Waals surface area (Å²) in [5, 5.41) is 0.664. The van der Waals surface area contributed by atoms with E-state index in [1.165, 1.54) is 48.5 Å². The van der Waals surface area contributed by atoms with E-state index in [2.05, 4.69) is 6.92 Å². The van der Waals surface area contributed by atoms with Crippen LogP contribution in [-0.2, 0) is 16.5 Å². The number of anilines is 2. The predicted molar refractivity (Wildman–Crippen MR) is 128 cm³/mol. The maximum absolute atomic E-state index is 13.4. The summed E-state index contributed by atoms with van der Waals surface area (Å²) in [5.41, 5.74) is 14.0. The van der Waals surface area contributed by atoms with E-state index in [0.29, 0.717) is 45.7 Å². The number of fused-ring (bicyclic) bond motifs is 1. The molecular weight excluding hydrogens is 440 g/mol. The number of unbranched alkanes of at least 4 members (excludes halogenated alkanes) is 1. The molecule has 4 N–H and O–H groups in total. The number of aryl methyl sites for hydroxylation is 1. The van der Waals surface area contributed by atoms with Crippen LogP contribution in [0.25, 0.3) is 11.0 Å². The van der Waals surface area contributed by atoms with Crippen LogP contribution in [0, 0.1) is 0 Å². The Morgan fingerprint density at radius 2 is 1.61 bits per heavy atom. The average Bonchev–Trinajstić information content (AvgIpc) is 3.15. The Morgan fingerprint density at radius 3 is 2.27 bits per heavy atom. The number of hydrogen-bond donors (Lipinski definition) is 2. The van der Waals surface area contributed by atoms with Crippen molar-refractivity contribution < 1.29 is 21.8 Å². The molecule has 0 atom stereocenters. The third-order valence-electron chi connectivity index (χ3n) is 5.26. The van der Waals surface area contributed by atoms with Crippen LogP contribution in [0.5, 0.6) is 5.75 Å². The Hall–Kier alpha value is -3.78. The van der Waals surface area contributed by atoms with Crippen LogP contribution >= 0.6 is 0 Å². The summed E-state index contributed by atoms with van der Waals surface area (Å²) in [7, 11) is -4.03. The van der Waals surface area contributed by atoms with Crippen molar-refractivity contribution in [3.05, 3.63) is 83.6 Å². The van der Waals surface area contributed by atoms with E-state index in [1.807, 2.05) is 0 Å². The number of furan rings is 1. The van der Waals surface area contributed by atoms with Gasteiger partial charge in [0.05, 0.1) is 5.56 Å². The van der Waals surface area contributed by atoms with Crippen LogP contribution in [0.15, 0.2) is 76.0 Å². The van der Waals surface area contributed by atoms with Crippen molar-refractivity contribution in [2.75, 3.05) is 11.5 Å². The molecule has 3 aromatic carbocycles. The molecule has 0 bridgehead atoms. The number of hydrogen-bond acceptors (Lipinski definition) is 7. The predicted octanol–water partition coefficient (Wildman–Crippen LogP) is 4.94. The van der Waals surface area contributed by atoms with E-state index in [4.69, 9.17) is 20.1 Å². The Balaban J connectivity index is 1.63. The van der Waals surface area contributed by atoms with E-state index >= 15 is 0 Å². The third-order valence-corrected chi connectivity index (χ3v) is 6.52. The second-order valence-electron chi connectivity index (χ2n) is 7.72. The number of nitrogen functional groups attached to an aromatic ring is 2. The van der Waals surface area contributed by atoms with Gasteiger partial charge in [0.1, 0.15) is 22.0 Å². The Morgan fingerprint density at radius 1 is 0.939 bits per heavy atom. The maximum atomic E-state index is 13.4. The lowest BCUT2D eigenvalue weighted by molar-refractivity contribution is 0.103. The van der Waals surface area contributed by atoms with Gasteiger partial charge in [-0.3, -0.25) is 4.79 Å². The topological polar surface area (TPSA) is 126 Å². The molecule has 0 aliphatic heterocycles. The highest BCUT2D eigenvalue weighted by Gasteiger charge is 2.23. The summed E-state index contributed by atoms with van der Waals surface area (Å²) in [6.45, 7) is 2.07. The Kier molecular flexibility index (Phi) is 6.11. The first-order valence-electron chi connectivity index (χ1n) is 10.5. The van der Waals surface area contributed by atoms with E-state index < -0.39 is 10.1 Å². The number of nitrogens with two attached hydrogens (primary N) is 2. The summed E-state index contributed by atoms with van der Waals surface area (Å²) < 4.78 is 36.1. The number of rotatable bonds is 8. The normalized spacial score (nSPS) is 11.5. The van der Waals surface area contributed by atoms with Gasteiger partial charge in [-0.05, 0) is 73.2 Å². The first kappa shape index (κ1) is 22.4. The quantitative estimate of drug-likeness (QED) is 0.215. The molecule has 4 rings (SSSR count). The summed E-state index contributed by atoms with van der Waals surface area (Å²) in [4.78, 5) is 13.4. The Labute approximate surface area is 192 Å². The second kappa shape index (κ2) is 8.99. The zero-order valence-corrected chi connectivity index (χ0v) is 18.9. The van der Waals surface area contributed by atoms with Gasteiger partial charge in [0.2, 0.25) is 0 Å². The largest absolute Gasteiger partial charge is 0.460 e.